The number of hydrogen-bond donors (Lipinski definition) is 1. The van der Waals surface area contributed by atoms with Gasteiger partial charge in [0.05, 0.1) is 0 Å². The van der Waals surface area contributed by atoms with Crippen molar-refractivity contribution in [3.8, 4) is 0 Å². The monoisotopic (exact) mass is 212 g/mol. The van der Waals surface area contributed by atoms with E-state index in [-0.39, 0.29) is 11.7 Å². The summed E-state index contributed by atoms with van der Waals surface area (Å²) in [6.07, 6.45) is 2.14. The third-order valence-corrected chi connectivity index (χ3v) is 2.98. The van der Waals surface area contributed by atoms with Crippen molar-refractivity contribution >= 4 is 6.09 Å². The molecule has 3 heterocycles. The Morgan fingerprint density at radius 2 is 2.13 bits per heavy atom. The maximum Gasteiger partial charge on any atom is 0.410 e. The number of piperazine rings is 1. The fraction of sp³-hybridized carbons (Fsp3) is 0.909. The van der Waals surface area contributed by atoms with Gasteiger partial charge < -0.3 is 15.0 Å². The molecule has 86 valence electrons. The van der Waals surface area contributed by atoms with Crippen LogP contribution in [0.25, 0.3) is 0 Å². The zero-order valence-corrected chi connectivity index (χ0v) is 9.75. The summed E-state index contributed by atoms with van der Waals surface area (Å²) in [5.74, 6) is 0. The Morgan fingerprint density at radius 3 is 2.53 bits per heavy atom. The predicted molar refractivity (Wildman–Crippen MR) is 57.8 cm³/mol. The fourth-order valence-electron chi connectivity index (χ4n) is 2.25. The topological polar surface area (TPSA) is 41.6 Å². The minimum absolute atomic E-state index is 0.154. The summed E-state index contributed by atoms with van der Waals surface area (Å²) in [6.45, 7) is 7.45. The van der Waals surface area contributed by atoms with Gasteiger partial charge in [-0.1, -0.05) is 0 Å². The van der Waals surface area contributed by atoms with Gasteiger partial charge in [-0.05, 0) is 33.6 Å². The highest BCUT2D eigenvalue weighted by atomic mass is 16.6. The van der Waals surface area contributed by atoms with Gasteiger partial charge in [0.15, 0.2) is 0 Å². The Bertz CT molecular complexity index is 252. The number of nitrogens with one attached hydrogen (secondary N) is 1. The lowest BCUT2D eigenvalue weighted by molar-refractivity contribution is -0.00406. The van der Waals surface area contributed by atoms with Crippen LogP contribution in [0, 0.1) is 0 Å². The molecule has 4 heteroatoms. The lowest BCUT2D eigenvalue weighted by atomic mass is 9.93. The van der Waals surface area contributed by atoms with E-state index in [2.05, 4.69) is 5.32 Å². The lowest BCUT2D eigenvalue weighted by Gasteiger charge is -2.45. The number of hydrogen-bond acceptors (Lipinski definition) is 3. The second-order valence-electron chi connectivity index (χ2n) is 5.47. The molecule has 2 bridgehead atoms. The van der Waals surface area contributed by atoms with E-state index in [0.717, 1.165) is 19.5 Å². The van der Waals surface area contributed by atoms with Gasteiger partial charge in [-0.25, -0.2) is 4.79 Å². The summed E-state index contributed by atoms with van der Waals surface area (Å²) in [6, 6.07) is 0.812. The number of rotatable bonds is 0. The molecule has 1 N–H and O–H groups in total. The number of fused-ring (bicyclic) bond motifs is 3. The van der Waals surface area contributed by atoms with E-state index in [1.54, 1.807) is 0 Å². The standard InChI is InChI=1S/C11H20N2O2/c1-11(2,3)15-10(14)13-7-8-4-5-9(13)6-12-8/h8-9,12H,4-7H2,1-3H3/t8-,9-/m1/s1. The summed E-state index contributed by atoms with van der Waals surface area (Å²) < 4.78 is 5.39. The summed E-state index contributed by atoms with van der Waals surface area (Å²) in [5.41, 5.74) is -0.388. The maximum absolute atomic E-state index is 11.9. The van der Waals surface area contributed by atoms with Crippen LogP contribution in [-0.4, -0.2) is 41.8 Å². The van der Waals surface area contributed by atoms with E-state index in [4.69, 9.17) is 4.74 Å². The van der Waals surface area contributed by atoms with E-state index in [9.17, 15) is 4.79 Å². The molecule has 0 aromatic heterocycles. The highest BCUT2D eigenvalue weighted by molar-refractivity contribution is 5.69. The van der Waals surface area contributed by atoms with Crippen LogP contribution in [0.3, 0.4) is 0 Å². The van der Waals surface area contributed by atoms with Crippen molar-refractivity contribution in [1.29, 1.82) is 0 Å². The molecule has 3 rings (SSSR count). The van der Waals surface area contributed by atoms with Gasteiger partial charge in [-0.3, -0.25) is 0 Å². The number of piperidine rings is 2. The molecule has 15 heavy (non-hydrogen) atoms. The molecule has 0 spiro atoms. The zero-order valence-electron chi connectivity index (χ0n) is 9.75. The summed E-state index contributed by atoms with van der Waals surface area (Å²) >= 11 is 0. The fourth-order valence-corrected chi connectivity index (χ4v) is 2.25. The molecular formula is C11H20N2O2. The molecule has 0 unspecified atom stereocenters. The summed E-state index contributed by atoms with van der Waals surface area (Å²) in [4.78, 5) is 13.8. The first-order valence-electron chi connectivity index (χ1n) is 5.69. The van der Waals surface area contributed by atoms with Gasteiger partial charge in [0, 0.05) is 25.2 Å². The van der Waals surface area contributed by atoms with Crippen molar-refractivity contribution in [2.45, 2.75) is 51.3 Å². The molecule has 0 saturated carbocycles. The largest absolute Gasteiger partial charge is 0.444 e. The van der Waals surface area contributed by atoms with Gasteiger partial charge in [0.25, 0.3) is 0 Å². The molecule has 3 saturated heterocycles. The minimum atomic E-state index is -0.388. The molecule has 0 radical (unpaired) electrons. The second kappa shape index (κ2) is 3.67. The van der Waals surface area contributed by atoms with Crippen LogP contribution in [0.5, 0.6) is 0 Å². The van der Waals surface area contributed by atoms with Crippen molar-refractivity contribution in [3.63, 3.8) is 0 Å². The van der Waals surface area contributed by atoms with Crippen molar-refractivity contribution < 1.29 is 9.53 Å². The SMILES string of the molecule is CC(C)(C)OC(=O)N1C[C@H]2CC[C@@H]1CN2. The third-order valence-electron chi connectivity index (χ3n) is 2.98. The summed E-state index contributed by atoms with van der Waals surface area (Å²) in [5, 5.41) is 3.42. The first-order valence-corrected chi connectivity index (χ1v) is 5.69. The first kappa shape index (κ1) is 10.7. The van der Waals surface area contributed by atoms with E-state index in [1.165, 1.54) is 6.42 Å². The first-order chi connectivity index (χ1) is 6.96. The van der Waals surface area contributed by atoms with Crippen LogP contribution in [0.1, 0.15) is 33.6 Å². The Hall–Kier alpha value is -0.770. The highest BCUT2D eigenvalue weighted by Gasteiger charge is 2.37. The molecule has 4 nitrogen and oxygen atoms in total. The average Bonchev–Trinajstić information content (AvgIpc) is 2.17. The minimum Gasteiger partial charge on any atom is -0.444 e. The number of carbonyl (C=O) groups is 1. The van der Waals surface area contributed by atoms with Gasteiger partial charge in [-0.15, -0.1) is 0 Å². The Balaban J connectivity index is 1.96. The molecule has 0 aliphatic carbocycles. The predicted octanol–water partition coefficient (Wildman–Crippen LogP) is 1.36. The quantitative estimate of drug-likeness (QED) is 0.659. The number of carbonyl (C=O) groups excluding carboxylic acids is 1. The Kier molecular flexibility index (Phi) is 2.63. The zero-order chi connectivity index (χ0) is 11.1. The van der Waals surface area contributed by atoms with Crippen LogP contribution in [0.15, 0.2) is 0 Å². The van der Waals surface area contributed by atoms with Crippen LogP contribution in [0.4, 0.5) is 4.79 Å². The van der Waals surface area contributed by atoms with E-state index in [0.29, 0.717) is 12.1 Å². The van der Waals surface area contributed by atoms with Gasteiger partial charge in [0.1, 0.15) is 5.60 Å². The van der Waals surface area contributed by atoms with Crippen molar-refractivity contribution in [3.05, 3.63) is 0 Å². The molecule has 1 amide bonds. The van der Waals surface area contributed by atoms with Crippen molar-refractivity contribution in [2.24, 2.45) is 0 Å². The molecule has 3 fully saturated rings. The number of amides is 1. The van der Waals surface area contributed by atoms with E-state index < -0.39 is 0 Å². The van der Waals surface area contributed by atoms with Gasteiger partial charge in [0.2, 0.25) is 0 Å². The lowest BCUT2D eigenvalue weighted by Crippen LogP contribution is -2.62. The normalized spacial score (nSPS) is 30.5. The Morgan fingerprint density at radius 1 is 1.40 bits per heavy atom. The van der Waals surface area contributed by atoms with Gasteiger partial charge >= 0.3 is 6.09 Å². The van der Waals surface area contributed by atoms with Crippen LogP contribution >= 0.6 is 0 Å². The molecule has 0 aromatic carbocycles. The van der Waals surface area contributed by atoms with Crippen molar-refractivity contribution in [1.82, 2.24) is 10.2 Å². The number of ether oxygens (including phenoxy) is 1. The van der Waals surface area contributed by atoms with Crippen LogP contribution in [0.2, 0.25) is 0 Å². The smallest absolute Gasteiger partial charge is 0.410 e. The Labute approximate surface area is 91.0 Å². The maximum atomic E-state index is 11.9. The van der Waals surface area contributed by atoms with Crippen molar-refractivity contribution in [2.75, 3.05) is 13.1 Å². The van der Waals surface area contributed by atoms with Gasteiger partial charge in [-0.2, -0.15) is 0 Å². The van der Waals surface area contributed by atoms with Crippen LogP contribution < -0.4 is 5.32 Å². The molecule has 0 aromatic rings. The molecule has 2 atom stereocenters. The third kappa shape index (κ3) is 2.43. The van der Waals surface area contributed by atoms with E-state index in [1.807, 2.05) is 25.7 Å². The molecule has 3 aliphatic rings. The summed E-state index contributed by atoms with van der Waals surface area (Å²) in [7, 11) is 0. The highest BCUT2D eigenvalue weighted by Crippen LogP contribution is 2.24. The average molecular weight is 212 g/mol. The second-order valence-corrected chi connectivity index (χ2v) is 5.47. The number of nitrogens with zero attached hydrogens (tertiary/aromatic N) is 1. The molecular weight excluding hydrogens is 192 g/mol. The van der Waals surface area contributed by atoms with Crippen LogP contribution in [-0.2, 0) is 4.74 Å². The molecule has 3 aliphatic heterocycles. The van der Waals surface area contributed by atoms with E-state index >= 15 is 0 Å².